The second kappa shape index (κ2) is 16.6. The molecule has 11 aromatic carbocycles. The minimum absolute atomic E-state index is 0.155. The molecule has 15 rings (SSSR count). The van der Waals surface area contributed by atoms with Gasteiger partial charge < -0.3 is 9.13 Å². The Balaban J connectivity index is 0.711. The van der Waals surface area contributed by atoms with Crippen molar-refractivity contribution in [2.75, 3.05) is 0 Å². The first-order valence-electron chi connectivity index (χ1n) is 26.7. The number of hydrogen-bond acceptors (Lipinski definition) is 0. The molecule has 13 aromatic rings. The maximum atomic E-state index is 2.47. The second-order valence-corrected chi connectivity index (χ2v) is 22.1. The lowest BCUT2D eigenvalue weighted by molar-refractivity contribution is 0.659. The van der Waals surface area contributed by atoms with E-state index in [-0.39, 0.29) is 10.8 Å². The summed E-state index contributed by atoms with van der Waals surface area (Å²) in [6.07, 6.45) is 4.55. The van der Waals surface area contributed by atoms with Crippen LogP contribution in [-0.2, 0) is 10.8 Å². The van der Waals surface area contributed by atoms with E-state index in [1.807, 2.05) is 0 Å². The van der Waals surface area contributed by atoms with Gasteiger partial charge in [0.15, 0.2) is 0 Å². The zero-order valence-electron chi connectivity index (χ0n) is 43.1. The molecule has 0 radical (unpaired) electrons. The lowest BCUT2D eigenvalue weighted by atomic mass is 9.79. The normalized spacial score (nSPS) is 13.9. The smallest absolute Gasteiger partial charge is 0.0541 e. The number of nitrogens with zero attached hydrogens (tertiary/aromatic N) is 2. The van der Waals surface area contributed by atoms with Gasteiger partial charge in [0, 0.05) is 43.7 Å². The van der Waals surface area contributed by atoms with Crippen LogP contribution in [-0.4, -0.2) is 9.13 Å². The molecule has 2 aliphatic carbocycles. The van der Waals surface area contributed by atoms with Crippen LogP contribution in [0.2, 0.25) is 0 Å². The quantitative estimate of drug-likeness (QED) is 0.141. The van der Waals surface area contributed by atoms with E-state index in [0.717, 1.165) is 5.69 Å². The van der Waals surface area contributed by atoms with Crippen LogP contribution in [0.3, 0.4) is 0 Å². The van der Waals surface area contributed by atoms with Crippen LogP contribution >= 0.6 is 0 Å². The zero-order chi connectivity index (χ0) is 50.9. The summed E-state index contributed by atoms with van der Waals surface area (Å²) in [5.41, 5.74) is 27.6. The summed E-state index contributed by atoms with van der Waals surface area (Å²) in [6, 6.07) is 90.2. The van der Waals surface area contributed by atoms with Gasteiger partial charge in [0.1, 0.15) is 0 Å². The van der Waals surface area contributed by atoms with E-state index in [4.69, 9.17) is 0 Å². The molecule has 2 heteroatoms. The predicted molar refractivity (Wildman–Crippen MR) is 322 cm³/mol. The Hall–Kier alpha value is -9.24. The Bertz CT molecular complexity index is 4540. The summed E-state index contributed by atoms with van der Waals surface area (Å²) in [5, 5.41) is 5.06. The summed E-state index contributed by atoms with van der Waals surface area (Å²) in [4.78, 5) is 0. The van der Waals surface area contributed by atoms with Crippen LogP contribution in [0.25, 0.3) is 123 Å². The molecule has 0 saturated carbocycles. The van der Waals surface area contributed by atoms with Gasteiger partial charge >= 0.3 is 0 Å². The van der Waals surface area contributed by atoms with Crippen molar-refractivity contribution < 1.29 is 0 Å². The van der Waals surface area contributed by atoms with E-state index in [0.29, 0.717) is 0 Å². The van der Waals surface area contributed by atoms with Gasteiger partial charge in [-0.2, -0.15) is 0 Å². The maximum absolute atomic E-state index is 2.47. The first-order valence-corrected chi connectivity index (χ1v) is 26.7. The second-order valence-electron chi connectivity index (χ2n) is 22.1. The van der Waals surface area contributed by atoms with Crippen molar-refractivity contribution >= 4 is 55.8 Å². The molecule has 2 aliphatic rings. The molecule has 0 saturated heterocycles. The van der Waals surface area contributed by atoms with Gasteiger partial charge in [-0.05, 0) is 168 Å². The summed E-state index contributed by atoms with van der Waals surface area (Å²) >= 11 is 0. The SMILES string of the molecule is CC1(C)c2cc(/C=C/c3ccc4c(c3)c3ccccc3n4-c3ccccc3)ccc2-c2ccc(-c3ccc4c(c3)C(C)(C)c3cc(-c5ccc6c(c5)c5ccccc5n6-c5ccc(-c6ccccc6)cc5)ccc3-4)cc21. The molecular weight excluding hydrogens is 917 g/mol. The number of hydrogen-bond donors (Lipinski definition) is 0. The molecular formula is C74H54N2. The number of benzene rings is 11. The molecule has 0 N–H and O–H groups in total. The van der Waals surface area contributed by atoms with Gasteiger partial charge in [-0.1, -0.05) is 204 Å². The third kappa shape index (κ3) is 6.73. The molecule has 2 aromatic heterocycles. The molecule has 2 heterocycles. The Labute approximate surface area is 444 Å². The summed E-state index contributed by atoms with van der Waals surface area (Å²) in [5.74, 6) is 0. The molecule has 0 aliphatic heterocycles. The van der Waals surface area contributed by atoms with Crippen LogP contribution < -0.4 is 0 Å². The Kier molecular flexibility index (Phi) is 9.69. The van der Waals surface area contributed by atoms with Crippen molar-refractivity contribution in [1.82, 2.24) is 9.13 Å². The van der Waals surface area contributed by atoms with Gasteiger partial charge in [0.05, 0.1) is 22.1 Å². The maximum Gasteiger partial charge on any atom is 0.0541 e. The molecule has 0 unspecified atom stereocenters. The van der Waals surface area contributed by atoms with Crippen LogP contribution in [0.1, 0.15) is 61.1 Å². The number of rotatable bonds is 7. The highest BCUT2D eigenvalue weighted by Gasteiger charge is 2.38. The first-order chi connectivity index (χ1) is 37.2. The molecule has 360 valence electrons. The van der Waals surface area contributed by atoms with Gasteiger partial charge in [0.2, 0.25) is 0 Å². The standard InChI is InChI=1S/C74H54N2/c1-73(2)65-42-48(24-23-47-26-39-71-63(41-47)61-19-11-13-21-69(61)75(71)55-17-9-6-10-18-55)25-35-57(65)58-37-30-53(45-66(58)73)54-31-38-60-59-36-29-52(44-67(59)74(3,4)68(60)46-54)51-32-40-72-64(43-51)62-20-12-14-22-70(62)76(72)56-33-27-50(28-34-56)49-15-7-5-8-16-49/h5-46H,1-4H3/b24-23+. The fourth-order valence-corrected chi connectivity index (χ4v) is 13.1. The van der Waals surface area contributed by atoms with Gasteiger partial charge in [0.25, 0.3) is 0 Å². The third-order valence-electron chi connectivity index (χ3n) is 17.1. The van der Waals surface area contributed by atoms with E-state index in [2.05, 4.69) is 292 Å². The highest BCUT2D eigenvalue weighted by molar-refractivity contribution is 6.11. The van der Waals surface area contributed by atoms with Gasteiger partial charge in [-0.25, -0.2) is 0 Å². The largest absolute Gasteiger partial charge is 0.309 e. The fourth-order valence-electron chi connectivity index (χ4n) is 13.1. The first kappa shape index (κ1) is 44.3. The minimum atomic E-state index is -0.175. The monoisotopic (exact) mass is 970 g/mol. The number of fused-ring (bicyclic) bond motifs is 12. The van der Waals surface area contributed by atoms with E-state index < -0.39 is 0 Å². The van der Waals surface area contributed by atoms with Crippen molar-refractivity contribution in [2.24, 2.45) is 0 Å². The number of para-hydroxylation sites is 3. The highest BCUT2D eigenvalue weighted by Crippen LogP contribution is 2.53. The fraction of sp³-hybridized carbons (Fsp3) is 0.0811. The lowest BCUT2D eigenvalue weighted by Gasteiger charge is -2.24. The van der Waals surface area contributed by atoms with Crippen LogP contribution in [0, 0.1) is 0 Å². The predicted octanol–water partition coefficient (Wildman–Crippen LogP) is 19.7. The molecule has 76 heavy (non-hydrogen) atoms. The average molecular weight is 971 g/mol. The number of aromatic nitrogens is 2. The Morgan fingerprint density at radius 3 is 1.17 bits per heavy atom. The van der Waals surface area contributed by atoms with Crippen LogP contribution in [0.4, 0.5) is 0 Å². The molecule has 0 spiro atoms. The van der Waals surface area contributed by atoms with E-state index >= 15 is 0 Å². The molecule has 0 fully saturated rings. The summed E-state index contributed by atoms with van der Waals surface area (Å²) < 4.78 is 4.78. The van der Waals surface area contributed by atoms with Gasteiger partial charge in [-0.15, -0.1) is 0 Å². The van der Waals surface area contributed by atoms with Crippen molar-refractivity contribution in [1.29, 1.82) is 0 Å². The zero-order valence-corrected chi connectivity index (χ0v) is 43.1. The molecule has 0 atom stereocenters. The van der Waals surface area contributed by atoms with Crippen LogP contribution in [0.15, 0.2) is 243 Å². The van der Waals surface area contributed by atoms with Crippen LogP contribution in [0.5, 0.6) is 0 Å². The van der Waals surface area contributed by atoms with Crippen molar-refractivity contribution in [3.8, 4) is 67.0 Å². The third-order valence-corrected chi connectivity index (χ3v) is 17.1. The average Bonchev–Trinajstić information content (AvgIpc) is 4.18. The van der Waals surface area contributed by atoms with E-state index in [9.17, 15) is 0 Å². The van der Waals surface area contributed by atoms with Crippen molar-refractivity contribution in [3.05, 3.63) is 276 Å². The Morgan fingerprint density at radius 1 is 0.263 bits per heavy atom. The topological polar surface area (TPSA) is 9.86 Å². The molecule has 0 amide bonds. The van der Waals surface area contributed by atoms with E-state index in [1.54, 1.807) is 0 Å². The molecule has 2 nitrogen and oxygen atoms in total. The molecule has 0 bridgehead atoms. The minimum Gasteiger partial charge on any atom is -0.309 e. The summed E-state index contributed by atoms with van der Waals surface area (Å²) in [6.45, 7) is 9.60. The van der Waals surface area contributed by atoms with Crippen molar-refractivity contribution in [2.45, 2.75) is 38.5 Å². The van der Waals surface area contributed by atoms with E-state index in [1.165, 1.54) is 138 Å². The summed E-state index contributed by atoms with van der Waals surface area (Å²) in [7, 11) is 0. The Morgan fingerprint density at radius 2 is 0.618 bits per heavy atom. The van der Waals surface area contributed by atoms with Gasteiger partial charge in [-0.3, -0.25) is 0 Å². The highest BCUT2D eigenvalue weighted by atomic mass is 15.0. The van der Waals surface area contributed by atoms with Crippen molar-refractivity contribution in [3.63, 3.8) is 0 Å². The lowest BCUT2D eigenvalue weighted by Crippen LogP contribution is -2.15.